The summed E-state index contributed by atoms with van der Waals surface area (Å²) in [5.74, 6) is -0.330. The number of aryl methyl sites for hydroxylation is 1. The molecule has 2 heterocycles. The number of benzene rings is 2. The van der Waals surface area contributed by atoms with Crippen molar-refractivity contribution in [3.8, 4) is 5.69 Å². The average Bonchev–Trinajstić information content (AvgIpc) is 3.19. The minimum atomic E-state index is -0.347. The van der Waals surface area contributed by atoms with Crippen LogP contribution in [0.3, 0.4) is 0 Å². The summed E-state index contributed by atoms with van der Waals surface area (Å²) in [4.78, 5) is 31.8. The Morgan fingerprint density at radius 2 is 1.81 bits per heavy atom. The lowest BCUT2D eigenvalue weighted by Gasteiger charge is -2.24. The number of para-hydroxylation sites is 1. The van der Waals surface area contributed by atoms with Crippen molar-refractivity contribution in [2.24, 2.45) is 0 Å². The number of halogens is 1. The SMILES string of the molecule is Cc1ccccc1-n1c(=O)n(C2CCCCC2)c(=O)c2c1ncn2Cc1cccc(F)c1. The maximum absolute atomic E-state index is 13.7. The number of rotatable bonds is 4. The van der Waals surface area contributed by atoms with E-state index in [4.69, 9.17) is 0 Å². The molecule has 1 aliphatic carbocycles. The number of nitrogens with zero attached hydrogens (tertiary/aromatic N) is 4. The van der Waals surface area contributed by atoms with E-state index in [9.17, 15) is 14.0 Å². The number of hydrogen-bond acceptors (Lipinski definition) is 3. The molecule has 4 aromatic rings. The van der Waals surface area contributed by atoms with Crippen molar-refractivity contribution in [3.63, 3.8) is 0 Å². The lowest BCUT2D eigenvalue weighted by Crippen LogP contribution is -2.43. The van der Waals surface area contributed by atoms with Crippen molar-refractivity contribution in [2.75, 3.05) is 0 Å². The smallest absolute Gasteiger partial charge is 0.320 e. The summed E-state index contributed by atoms with van der Waals surface area (Å²) >= 11 is 0. The molecular weight excluding hydrogens is 407 g/mol. The molecule has 0 atom stereocenters. The predicted molar refractivity (Wildman–Crippen MR) is 122 cm³/mol. The zero-order valence-corrected chi connectivity index (χ0v) is 18.0. The highest BCUT2D eigenvalue weighted by molar-refractivity contribution is 5.73. The van der Waals surface area contributed by atoms with Gasteiger partial charge in [-0.2, -0.15) is 0 Å². The molecule has 7 heteroatoms. The Hall–Kier alpha value is -3.48. The van der Waals surface area contributed by atoms with Crippen LogP contribution in [0.5, 0.6) is 0 Å². The van der Waals surface area contributed by atoms with Gasteiger partial charge in [0.25, 0.3) is 5.56 Å². The fourth-order valence-corrected chi connectivity index (χ4v) is 4.80. The molecule has 1 aliphatic rings. The van der Waals surface area contributed by atoms with E-state index in [0.717, 1.165) is 43.2 Å². The maximum Gasteiger partial charge on any atom is 0.337 e. The molecule has 0 amide bonds. The van der Waals surface area contributed by atoms with Gasteiger partial charge in [-0.3, -0.25) is 9.36 Å². The van der Waals surface area contributed by atoms with Gasteiger partial charge in [-0.15, -0.1) is 0 Å². The van der Waals surface area contributed by atoms with Gasteiger partial charge in [0.15, 0.2) is 11.2 Å². The van der Waals surface area contributed by atoms with Crippen LogP contribution >= 0.6 is 0 Å². The fourth-order valence-electron chi connectivity index (χ4n) is 4.80. The van der Waals surface area contributed by atoms with Crippen LogP contribution in [0.15, 0.2) is 64.4 Å². The molecule has 5 rings (SSSR count). The molecule has 0 N–H and O–H groups in total. The third-order valence-electron chi connectivity index (χ3n) is 6.39. The van der Waals surface area contributed by atoms with Crippen molar-refractivity contribution >= 4 is 11.2 Å². The summed E-state index contributed by atoms with van der Waals surface area (Å²) in [6.07, 6.45) is 6.31. The lowest BCUT2D eigenvalue weighted by molar-refractivity contribution is 0.335. The van der Waals surface area contributed by atoms with E-state index in [1.165, 1.54) is 16.7 Å². The molecule has 0 bridgehead atoms. The molecule has 32 heavy (non-hydrogen) atoms. The summed E-state index contributed by atoms with van der Waals surface area (Å²) < 4.78 is 18.5. The van der Waals surface area contributed by atoms with Crippen LogP contribution in [0.4, 0.5) is 4.39 Å². The van der Waals surface area contributed by atoms with E-state index < -0.39 is 0 Å². The molecule has 1 saturated carbocycles. The summed E-state index contributed by atoms with van der Waals surface area (Å²) in [6, 6.07) is 13.8. The maximum atomic E-state index is 13.7. The van der Waals surface area contributed by atoms with Gasteiger partial charge in [-0.1, -0.05) is 49.6 Å². The van der Waals surface area contributed by atoms with E-state index >= 15 is 0 Å². The summed E-state index contributed by atoms with van der Waals surface area (Å²) in [7, 11) is 0. The van der Waals surface area contributed by atoms with E-state index in [1.807, 2.05) is 37.3 Å². The number of hydrogen-bond donors (Lipinski definition) is 0. The number of imidazole rings is 1. The third kappa shape index (κ3) is 3.47. The Bertz CT molecular complexity index is 1410. The molecule has 0 saturated heterocycles. The Morgan fingerprint density at radius 1 is 1.03 bits per heavy atom. The largest absolute Gasteiger partial charge is 0.337 e. The number of aromatic nitrogens is 4. The molecule has 6 nitrogen and oxygen atoms in total. The zero-order chi connectivity index (χ0) is 22.2. The van der Waals surface area contributed by atoms with Crippen LogP contribution in [-0.2, 0) is 6.54 Å². The molecular formula is C25H25FN4O2. The Kier molecular flexibility index (Phi) is 5.25. The van der Waals surface area contributed by atoms with E-state index in [0.29, 0.717) is 23.4 Å². The van der Waals surface area contributed by atoms with Gasteiger partial charge < -0.3 is 4.57 Å². The molecule has 1 fully saturated rings. The highest BCUT2D eigenvalue weighted by Gasteiger charge is 2.25. The average molecular weight is 432 g/mol. The predicted octanol–water partition coefficient (Wildman–Crippen LogP) is 4.35. The first-order chi connectivity index (χ1) is 15.5. The van der Waals surface area contributed by atoms with Gasteiger partial charge in [0.2, 0.25) is 0 Å². The standard InChI is InChI=1S/C25H25FN4O2/c1-17-8-5-6-13-21(17)30-23-22(24(31)29(25(30)32)20-11-3-2-4-12-20)28(16-27-23)15-18-9-7-10-19(26)14-18/h5-10,13-14,16,20H,2-4,11-12,15H2,1H3. The molecule has 0 radical (unpaired) electrons. The Morgan fingerprint density at radius 3 is 2.56 bits per heavy atom. The monoisotopic (exact) mass is 432 g/mol. The van der Waals surface area contributed by atoms with Gasteiger partial charge >= 0.3 is 5.69 Å². The molecule has 0 spiro atoms. The first kappa shape index (κ1) is 20.4. The lowest BCUT2D eigenvalue weighted by atomic mass is 9.95. The van der Waals surface area contributed by atoms with Gasteiger partial charge in [0, 0.05) is 12.6 Å². The molecule has 164 valence electrons. The second-order valence-electron chi connectivity index (χ2n) is 8.55. The highest BCUT2D eigenvalue weighted by atomic mass is 19.1. The summed E-state index contributed by atoms with van der Waals surface area (Å²) in [6.45, 7) is 2.23. The Labute approximate surface area is 184 Å². The van der Waals surface area contributed by atoms with Crippen molar-refractivity contribution in [1.82, 2.24) is 18.7 Å². The van der Waals surface area contributed by atoms with Gasteiger partial charge in [-0.05, 0) is 49.1 Å². The second-order valence-corrected chi connectivity index (χ2v) is 8.55. The topological polar surface area (TPSA) is 61.8 Å². The minimum absolute atomic E-state index is 0.124. The minimum Gasteiger partial charge on any atom is -0.320 e. The quantitative estimate of drug-likeness (QED) is 0.482. The van der Waals surface area contributed by atoms with E-state index in [1.54, 1.807) is 21.5 Å². The van der Waals surface area contributed by atoms with Crippen LogP contribution in [0.2, 0.25) is 0 Å². The van der Waals surface area contributed by atoms with Crippen LogP contribution in [0, 0.1) is 12.7 Å². The van der Waals surface area contributed by atoms with Crippen molar-refractivity contribution < 1.29 is 4.39 Å². The van der Waals surface area contributed by atoms with Crippen molar-refractivity contribution in [3.05, 3.63) is 92.6 Å². The van der Waals surface area contributed by atoms with Crippen LogP contribution in [-0.4, -0.2) is 18.7 Å². The third-order valence-corrected chi connectivity index (χ3v) is 6.39. The number of fused-ring (bicyclic) bond motifs is 1. The van der Waals surface area contributed by atoms with E-state index in [-0.39, 0.29) is 23.1 Å². The van der Waals surface area contributed by atoms with Crippen LogP contribution < -0.4 is 11.2 Å². The van der Waals surface area contributed by atoms with Gasteiger partial charge in [0.1, 0.15) is 5.82 Å². The second kappa shape index (κ2) is 8.22. The van der Waals surface area contributed by atoms with Crippen molar-refractivity contribution in [2.45, 2.75) is 51.6 Å². The van der Waals surface area contributed by atoms with Crippen molar-refractivity contribution in [1.29, 1.82) is 0 Å². The summed E-state index contributed by atoms with van der Waals surface area (Å²) in [5, 5.41) is 0. The highest BCUT2D eigenvalue weighted by Crippen LogP contribution is 2.27. The Balaban J connectivity index is 1.79. The van der Waals surface area contributed by atoms with Crippen LogP contribution in [0.25, 0.3) is 16.9 Å². The fraction of sp³-hybridized carbons (Fsp3) is 0.320. The molecule has 2 aromatic heterocycles. The molecule has 0 unspecified atom stereocenters. The van der Waals surface area contributed by atoms with Crippen LogP contribution in [0.1, 0.15) is 49.3 Å². The van der Waals surface area contributed by atoms with E-state index in [2.05, 4.69) is 4.98 Å². The van der Waals surface area contributed by atoms with Gasteiger partial charge in [0.05, 0.1) is 12.0 Å². The molecule has 0 aliphatic heterocycles. The molecule has 2 aromatic carbocycles. The zero-order valence-electron chi connectivity index (χ0n) is 18.0. The first-order valence-corrected chi connectivity index (χ1v) is 11.1. The first-order valence-electron chi connectivity index (χ1n) is 11.1. The normalized spacial score (nSPS) is 14.8. The van der Waals surface area contributed by atoms with Gasteiger partial charge in [-0.25, -0.2) is 18.7 Å². The summed E-state index contributed by atoms with van der Waals surface area (Å²) in [5.41, 5.74) is 2.38.